The quantitative estimate of drug-likeness (QED) is 0.177. The van der Waals surface area contributed by atoms with Gasteiger partial charge < -0.3 is 40.6 Å². The van der Waals surface area contributed by atoms with Crippen molar-refractivity contribution in [1.82, 2.24) is 10.6 Å². The largest absolute Gasteiger partial charge is 0.504 e. The first-order valence-electron chi connectivity index (χ1n) is 20.3. The fraction of sp³-hybridized carbons (Fsp3) is 0.591. The number of carbonyl (C=O) groups excluding carboxylic acids is 1. The summed E-state index contributed by atoms with van der Waals surface area (Å²) in [5.41, 5.74) is 10.4. The first-order chi connectivity index (χ1) is 27.5. The van der Waals surface area contributed by atoms with Gasteiger partial charge in [-0.2, -0.15) is 0 Å². The number of hydrogen-bond acceptors (Lipinski definition) is 13. The van der Waals surface area contributed by atoms with Gasteiger partial charge in [0.25, 0.3) is 0 Å². The number of phenolic OH excluding ortho intramolecular Hbond substituents is 1. The van der Waals surface area contributed by atoms with E-state index < -0.39 is 18.4 Å². The van der Waals surface area contributed by atoms with E-state index in [1.165, 1.54) is 7.11 Å². The predicted molar refractivity (Wildman–Crippen MR) is 226 cm³/mol. The number of hydrogen-bond donors (Lipinski definition) is 6. The van der Waals surface area contributed by atoms with Gasteiger partial charge in [-0.25, -0.2) is 4.99 Å². The highest BCUT2D eigenvalue weighted by atomic mass is 33.1. The van der Waals surface area contributed by atoms with Gasteiger partial charge in [-0.15, -0.1) is 0 Å². The Morgan fingerprint density at radius 2 is 1.82 bits per heavy atom. The standard InChI is InChI=1S/C44H56N4O7S2/c1-26(2)37-24-57-56-23-35-34-22-33-28-12-15-31(50)21-30(49)14-11-27-13-16-38(51)40(53-3)32(27)9-6-8-29(20-28)39(41(33)55-42(34)52)54-25-46-44(17-4-5-18-44)19-7-10-36(35)47-43(45)48-37/h13,16,20,26,31,34-37,42,46,50-52H,4-5,8,11-12,14-15,17-19,21-25H2,1-3H3,(H3,45,47,48)/t31-,34+,35+,36-,37+,42-/m1/s1. The smallest absolute Gasteiger partial charge is 0.201 e. The summed E-state index contributed by atoms with van der Waals surface area (Å²) < 4.78 is 18.9. The van der Waals surface area contributed by atoms with Crippen molar-refractivity contribution in [1.29, 1.82) is 0 Å². The Balaban J connectivity index is 1.35. The van der Waals surface area contributed by atoms with Crippen LogP contribution in [0.15, 0.2) is 23.2 Å². The van der Waals surface area contributed by atoms with E-state index in [1.54, 1.807) is 33.7 Å². The maximum atomic E-state index is 13.1. The summed E-state index contributed by atoms with van der Waals surface area (Å²) in [6.45, 7) is 4.52. The molecule has 57 heavy (non-hydrogen) atoms. The molecule has 6 atom stereocenters. The highest BCUT2D eigenvalue weighted by Gasteiger charge is 2.42. The minimum Gasteiger partial charge on any atom is -0.504 e. The highest BCUT2D eigenvalue weighted by molar-refractivity contribution is 8.76. The van der Waals surface area contributed by atoms with Crippen LogP contribution in [0.5, 0.6) is 23.0 Å². The number of nitrogens with zero attached hydrogens (tertiary/aromatic N) is 1. The third-order valence-electron chi connectivity index (χ3n) is 12.2. The number of Topliss-reactive ketones (excluding diaryl/α,β-unsaturated/α-hetero) is 1. The number of nitrogens with one attached hydrogen (secondary N) is 2. The van der Waals surface area contributed by atoms with Gasteiger partial charge in [0, 0.05) is 65.7 Å². The molecule has 0 amide bonds. The molecule has 4 aliphatic heterocycles. The lowest BCUT2D eigenvalue weighted by atomic mass is 9.78. The van der Waals surface area contributed by atoms with Crippen LogP contribution in [0.1, 0.15) is 93.0 Å². The van der Waals surface area contributed by atoms with Crippen LogP contribution in [0.3, 0.4) is 0 Å². The molecular formula is C44H56N4O7S2. The van der Waals surface area contributed by atoms with Crippen molar-refractivity contribution in [3.8, 4) is 46.7 Å². The molecule has 306 valence electrons. The summed E-state index contributed by atoms with van der Waals surface area (Å²) in [6, 6.07) is 5.09. The number of fused-ring (bicyclic) bond motifs is 7. The zero-order valence-corrected chi connectivity index (χ0v) is 34.8. The second-order valence-corrected chi connectivity index (χ2v) is 19.0. The monoisotopic (exact) mass is 816 g/mol. The van der Waals surface area contributed by atoms with E-state index in [4.69, 9.17) is 24.9 Å². The summed E-state index contributed by atoms with van der Waals surface area (Å²) in [5, 5.41) is 41.1. The van der Waals surface area contributed by atoms with Gasteiger partial charge >= 0.3 is 0 Å². The minimum atomic E-state index is -1.17. The van der Waals surface area contributed by atoms with Crippen molar-refractivity contribution in [3.05, 3.63) is 46.0 Å². The summed E-state index contributed by atoms with van der Waals surface area (Å²) in [5.74, 6) is 16.5. The van der Waals surface area contributed by atoms with Gasteiger partial charge in [0.2, 0.25) is 6.29 Å². The van der Waals surface area contributed by atoms with E-state index in [2.05, 4.69) is 54.2 Å². The molecule has 11 nitrogen and oxygen atoms in total. The number of methoxy groups -OCH3 is 1. The Hall–Kier alpha value is -3.72. The van der Waals surface area contributed by atoms with Crippen LogP contribution in [0.4, 0.5) is 0 Å². The van der Waals surface area contributed by atoms with Crippen LogP contribution >= 0.6 is 21.6 Å². The Bertz CT molecular complexity index is 1960. The Kier molecular flexibility index (Phi) is 13.4. The number of aliphatic imine (C=N–C) groups is 1. The van der Waals surface area contributed by atoms with Gasteiger partial charge in [-0.3, -0.25) is 10.1 Å². The van der Waals surface area contributed by atoms with E-state index in [1.807, 2.05) is 0 Å². The number of nitrogens with two attached hydrogens (primary N) is 1. The third-order valence-corrected chi connectivity index (χ3v) is 14.7. The van der Waals surface area contributed by atoms with Crippen LogP contribution in [0.2, 0.25) is 0 Å². The van der Waals surface area contributed by atoms with Gasteiger partial charge in [0.15, 0.2) is 29.0 Å². The highest BCUT2D eigenvalue weighted by Crippen LogP contribution is 2.47. The van der Waals surface area contributed by atoms with E-state index in [-0.39, 0.29) is 66.7 Å². The molecular weight excluding hydrogens is 761 g/mol. The molecule has 0 aromatic heterocycles. The average Bonchev–Trinajstić information content (AvgIpc) is 3.64. The van der Waals surface area contributed by atoms with Gasteiger partial charge in [-0.05, 0) is 61.6 Å². The lowest BCUT2D eigenvalue weighted by molar-refractivity contribution is -0.121. The molecule has 4 heterocycles. The van der Waals surface area contributed by atoms with E-state index in [0.29, 0.717) is 66.8 Å². The molecule has 8 rings (SSSR count). The second-order valence-electron chi connectivity index (χ2n) is 16.4. The molecule has 2 aromatic carbocycles. The van der Waals surface area contributed by atoms with E-state index in [9.17, 15) is 20.1 Å². The molecule has 7 N–H and O–H groups in total. The molecule has 6 bridgehead atoms. The zero-order valence-electron chi connectivity index (χ0n) is 33.2. The van der Waals surface area contributed by atoms with Crippen LogP contribution in [0.25, 0.3) is 0 Å². The molecule has 0 radical (unpaired) electrons. The Morgan fingerprint density at radius 1 is 1.02 bits per heavy atom. The normalized spacial score (nSPS) is 27.8. The molecule has 1 saturated carbocycles. The zero-order chi connectivity index (χ0) is 40.1. The van der Waals surface area contributed by atoms with Crippen LogP contribution in [0, 0.1) is 41.4 Å². The van der Waals surface area contributed by atoms with Gasteiger partial charge in [0.1, 0.15) is 12.5 Å². The molecule has 1 spiro atoms. The third kappa shape index (κ3) is 9.61. The first kappa shape index (κ1) is 41.4. The van der Waals surface area contributed by atoms with Crippen molar-refractivity contribution >= 4 is 33.3 Å². The Labute approximate surface area is 344 Å². The van der Waals surface area contributed by atoms with Crippen molar-refractivity contribution in [2.75, 3.05) is 25.3 Å². The van der Waals surface area contributed by atoms with Crippen molar-refractivity contribution in [3.63, 3.8) is 0 Å². The molecule has 0 saturated heterocycles. The molecule has 13 heteroatoms. The molecule has 2 aliphatic carbocycles. The predicted octanol–water partition coefficient (Wildman–Crippen LogP) is 5.02. The number of carbonyl (C=O) groups is 1. The van der Waals surface area contributed by atoms with Crippen LogP contribution < -0.4 is 30.6 Å². The minimum absolute atomic E-state index is 0.0291. The maximum Gasteiger partial charge on any atom is 0.201 e. The van der Waals surface area contributed by atoms with Crippen molar-refractivity contribution in [2.24, 2.45) is 28.5 Å². The number of rotatable bonds is 2. The fourth-order valence-electron chi connectivity index (χ4n) is 8.79. The topological polar surface area (TPSA) is 168 Å². The number of ether oxygens (including phenoxy) is 3. The summed E-state index contributed by atoms with van der Waals surface area (Å²) in [7, 11) is 5.04. The number of benzene rings is 2. The number of ketones is 1. The Morgan fingerprint density at radius 3 is 2.61 bits per heavy atom. The van der Waals surface area contributed by atoms with Crippen LogP contribution in [-0.4, -0.2) is 82.4 Å². The molecule has 1 fully saturated rings. The maximum absolute atomic E-state index is 13.1. The second kappa shape index (κ2) is 18.5. The van der Waals surface area contributed by atoms with Gasteiger partial charge in [0.05, 0.1) is 30.9 Å². The average molecular weight is 817 g/mol. The molecule has 0 unspecified atom stereocenters. The van der Waals surface area contributed by atoms with Crippen molar-refractivity contribution in [2.45, 2.75) is 121 Å². The fourth-order valence-corrected chi connectivity index (χ4v) is 11.6. The summed E-state index contributed by atoms with van der Waals surface area (Å²) >= 11 is 0. The SMILES string of the molecule is COc1c(O)ccc2c1C#CCc1cc(c3c4c1OCNC1(CC#C[C@H]5NC(N)=N[C@H](C(C)C)CSSC[C@H]5[C@H](C3)[C@H](O)O4)CCCC1)CC[C@@H](O)CC(=O)CC2. The lowest BCUT2D eigenvalue weighted by Gasteiger charge is -2.40. The molecule has 2 aromatic rings. The lowest BCUT2D eigenvalue weighted by Crippen LogP contribution is -2.51. The number of guanidine groups is 1. The number of aliphatic hydroxyl groups excluding tert-OH is 2. The van der Waals surface area contributed by atoms with Crippen molar-refractivity contribution < 1.29 is 34.3 Å². The summed E-state index contributed by atoms with van der Waals surface area (Å²) in [6.07, 6.45) is 5.05. The first-order valence-corrected chi connectivity index (χ1v) is 22.8. The number of aryl methyl sites for hydroxylation is 2. The molecule has 6 aliphatic rings. The number of phenols is 1. The van der Waals surface area contributed by atoms with Gasteiger partial charge in [-0.1, -0.05) is 84.1 Å². The summed E-state index contributed by atoms with van der Waals surface area (Å²) in [4.78, 5) is 18.0. The van der Waals surface area contributed by atoms with E-state index >= 15 is 0 Å². The number of aliphatic hydroxyl groups is 2. The van der Waals surface area contributed by atoms with Crippen LogP contribution in [-0.2, 0) is 30.5 Å². The van der Waals surface area contributed by atoms with E-state index in [0.717, 1.165) is 53.7 Å². The number of aromatic hydroxyl groups is 1.